The molecule has 4 aliphatic rings. The van der Waals surface area contributed by atoms with E-state index in [1.54, 1.807) is 36.1 Å². The summed E-state index contributed by atoms with van der Waals surface area (Å²) in [5.74, 6) is -2.46. The lowest BCUT2D eigenvalue weighted by molar-refractivity contribution is -0.385. The van der Waals surface area contributed by atoms with Gasteiger partial charge < -0.3 is 28.5 Å². The van der Waals surface area contributed by atoms with E-state index in [9.17, 15) is 34.4 Å². The third kappa shape index (κ3) is 6.19. The van der Waals surface area contributed by atoms with Gasteiger partial charge in [0.15, 0.2) is 11.8 Å². The number of carbonyl (C=O) groups excluding carboxylic acids is 4. The molecule has 0 saturated carbocycles. The second-order valence-corrected chi connectivity index (χ2v) is 18.7. The second-order valence-electron chi connectivity index (χ2n) is 14.9. The first kappa shape index (κ1) is 36.4. The van der Waals surface area contributed by atoms with Crippen LogP contribution in [0.2, 0.25) is 18.6 Å². The maximum atomic E-state index is 16.5. The summed E-state index contributed by atoms with van der Waals surface area (Å²) < 4.78 is 28.5. The Morgan fingerprint density at radius 3 is 2.47 bits per heavy atom. The summed E-state index contributed by atoms with van der Waals surface area (Å²) in [6.45, 7) is 5.98. The summed E-state index contributed by atoms with van der Waals surface area (Å²) >= 11 is 0. The van der Waals surface area contributed by atoms with E-state index in [4.69, 9.17) is 9.47 Å². The van der Waals surface area contributed by atoms with E-state index >= 15 is 4.11 Å². The lowest BCUT2D eigenvalue weighted by Crippen LogP contribution is -2.54. The van der Waals surface area contributed by atoms with Crippen molar-refractivity contribution in [1.29, 1.82) is 0 Å². The monoisotopic (exact) mass is 744 g/mol. The maximum absolute atomic E-state index is 16.5. The Balaban J connectivity index is 1.23. The van der Waals surface area contributed by atoms with Gasteiger partial charge in [0.1, 0.15) is 0 Å². The number of non-ortho nitro benzene ring substituents is 1. The number of anilines is 2. The maximum Gasteiger partial charge on any atom is 0.304 e. The van der Waals surface area contributed by atoms with E-state index in [-0.39, 0.29) is 55.6 Å². The highest BCUT2D eigenvalue weighted by Crippen LogP contribution is 2.61. The number of carbonyl (C=O) groups is 4. The summed E-state index contributed by atoms with van der Waals surface area (Å²) in [6, 6.07) is 18.1. The Morgan fingerprint density at radius 2 is 1.81 bits per heavy atom. The molecular weight excluding hydrogens is 704 g/mol. The summed E-state index contributed by atoms with van der Waals surface area (Å²) in [7, 11) is -3.69. The van der Waals surface area contributed by atoms with Crippen molar-refractivity contribution in [2.45, 2.75) is 88.8 Å². The van der Waals surface area contributed by atoms with Crippen molar-refractivity contribution in [3.8, 4) is 0 Å². The van der Waals surface area contributed by atoms with Gasteiger partial charge in [0.05, 0.1) is 48.7 Å². The highest BCUT2D eigenvalue weighted by Gasteiger charge is 2.67. The first-order valence-corrected chi connectivity index (χ1v) is 20.6. The quantitative estimate of drug-likeness (QED) is 0.0805. The number of aliphatic hydroxyl groups excluding tert-OH is 1. The average molecular weight is 745 g/mol. The number of rotatable bonds is 9. The van der Waals surface area contributed by atoms with Crippen LogP contribution >= 0.6 is 0 Å². The van der Waals surface area contributed by atoms with E-state index < -0.39 is 60.6 Å². The molecule has 0 bridgehead atoms. The van der Waals surface area contributed by atoms with Gasteiger partial charge in [0, 0.05) is 48.3 Å². The Hall–Kier alpha value is -4.99. The predicted octanol–water partition coefficient (Wildman–Crippen LogP) is 4.88. The number of aliphatic hydroxyl groups is 1. The van der Waals surface area contributed by atoms with Crippen molar-refractivity contribution in [1.82, 2.24) is 4.90 Å². The molecule has 278 valence electrons. The van der Waals surface area contributed by atoms with Gasteiger partial charge in [-0.2, -0.15) is 0 Å². The van der Waals surface area contributed by atoms with Crippen LogP contribution in [0, 0.1) is 16.0 Å². The van der Waals surface area contributed by atoms with Crippen LogP contribution in [0.4, 0.5) is 21.2 Å². The summed E-state index contributed by atoms with van der Waals surface area (Å²) in [5.41, 5.74) is 0.700. The highest BCUT2D eigenvalue weighted by molar-refractivity contribution is 6.72. The molecule has 3 amide bonds. The molecule has 0 aliphatic carbocycles. The fraction of sp³-hybridized carbons (Fsp3) is 0.421. The molecule has 3 aromatic rings. The van der Waals surface area contributed by atoms with E-state index in [2.05, 4.69) is 0 Å². The minimum Gasteiger partial charge on any atom is -0.441 e. The number of β-lactam (4-membered cyclic amide) rings is 1. The number of fused-ring (bicyclic) bond motifs is 3. The van der Waals surface area contributed by atoms with Crippen LogP contribution < -0.4 is 9.80 Å². The number of ether oxygens (including phenoxy) is 2. The summed E-state index contributed by atoms with van der Waals surface area (Å²) in [5, 5.41) is 22.3. The lowest BCUT2D eigenvalue weighted by Gasteiger charge is -2.39. The van der Waals surface area contributed by atoms with Gasteiger partial charge in [0.25, 0.3) is 11.6 Å². The van der Waals surface area contributed by atoms with Gasteiger partial charge in [-0.05, 0) is 54.4 Å². The minimum absolute atomic E-state index is 0.0222. The number of nitro groups is 1. The molecule has 15 heteroatoms. The number of amides is 3. The van der Waals surface area contributed by atoms with Crippen LogP contribution in [-0.4, -0.2) is 72.0 Å². The molecule has 4 aliphatic heterocycles. The van der Waals surface area contributed by atoms with Crippen LogP contribution in [0.3, 0.4) is 0 Å². The van der Waals surface area contributed by atoms with Crippen molar-refractivity contribution >= 4 is 49.2 Å². The van der Waals surface area contributed by atoms with Crippen molar-refractivity contribution in [3.05, 3.63) is 99.1 Å². The molecule has 1 spiro atoms. The van der Waals surface area contributed by atoms with Crippen molar-refractivity contribution < 1.29 is 42.8 Å². The van der Waals surface area contributed by atoms with E-state index in [1.165, 1.54) is 48.0 Å². The Morgan fingerprint density at radius 1 is 1.08 bits per heavy atom. The Bertz CT molecular complexity index is 2020. The standard InChI is InChI=1S/C38H41FN4O9Si/c1-22-36(53(3,4)39)32(17-33(46)40-20-26-10-6-5-9-25(26)15-29(40)21-44)52-38(22)30-16-28(43(49)50)12-13-31(30)41(37(38)48)19-24-8-7-11-27(14-24)42-34(47)18-35(42)51-23(2)45/h5-14,16,22,29,32,35-36,44H,15,17-21H2,1-4H3/t22-,29-,32+,35?,36-,38+/m0/s1. The van der Waals surface area contributed by atoms with Gasteiger partial charge in [-0.25, -0.2) is 0 Å². The normalized spacial score (nSPS) is 26.4. The molecular formula is C38H41FN4O9Si. The molecule has 0 aromatic heterocycles. The minimum atomic E-state index is -3.69. The van der Waals surface area contributed by atoms with E-state index in [0.717, 1.165) is 11.1 Å². The zero-order chi connectivity index (χ0) is 38.0. The largest absolute Gasteiger partial charge is 0.441 e. The number of benzene rings is 3. The highest BCUT2D eigenvalue weighted by atomic mass is 28.4. The van der Waals surface area contributed by atoms with Crippen LogP contribution in [0.25, 0.3) is 0 Å². The Labute approximate surface area is 306 Å². The molecule has 1 unspecified atom stereocenters. The number of esters is 1. The summed E-state index contributed by atoms with van der Waals surface area (Å²) in [6.07, 6.45) is -1.53. The second kappa shape index (κ2) is 13.5. The van der Waals surface area contributed by atoms with E-state index in [1.807, 2.05) is 24.3 Å². The predicted molar refractivity (Wildman–Crippen MR) is 193 cm³/mol. The average Bonchev–Trinajstić information content (AvgIpc) is 3.52. The zero-order valence-corrected chi connectivity index (χ0v) is 30.9. The smallest absolute Gasteiger partial charge is 0.304 e. The van der Waals surface area contributed by atoms with Gasteiger partial charge >= 0.3 is 5.97 Å². The van der Waals surface area contributed by atoms with Crippen LogP contribution in [0.5, 0.6) is 0 Å². The molecule has 7 rings (SSSR count). The van der Waals surface area contributed by atoms with Crippen LogP contribution in [-0.2, 0) is 53.8 Å². The van der Waals surface area contributed by atoms with Gasteiger partial charge in [-0.1, -0.05) is 43.3 Å². The molecule has 1 N–H and O–H groups in total. The van der Waals surface area contributed by atoms with Crippen molar-refractivity contribution in [2.24, 2.45) is 5.92 Å². The molecule has 13 nitrogen and oxygen atoms in total. The fourth-order valence-electron chi connectivity index (χ4n) is 8.81. The first-order chi connectivity index (χ1) is 25.1. The Kier molecular flexibility index (Phi) is 9.23. The van der Waals surface area contributed by atoms with Gasteiger partial charge in [0.2, 0.25) is 20.2 Å². The molecule has 6 atom stereocenters. The fourth-order valence-corrected chi connectivity index (χ4v) is 11.3. The molecule has 2 fully saturated rings. The molecule has 0 radical (unpaired) electrons. The van der Waals surface area contributed by atoms with Crippen molar-refractivity contribution in [2.75, 3.05) is 16.4 Å². The number of hydrogen-bond donors (Lipinski definition) is 1. The lowest BCUT2D eigenvalue weighted by atomic mass is 9.82. The molecule has 53 heavy (non-hydrogen) atoms. The zero-order valence-electron chi connectivity index (χ0n) is 29.9. The molecule has 3 aromatic carbocycles. The SMILES string of the molecule is CC(=O)OC1CC(=O)N1c1cccc(CN2C(=O)[C@]3(O[C@H](CC(=O)N4Cc5ccccc5C[C@H]4CO)[C@@H]([Si](C)(C)F)[C@@H]3C)c3cc([N+](=O)[O-])ccc32)c1. The van der Waals surface area contributed by atoms with Crippen molar-refractivity contribution in [3.63, 3.8) is 0 Å². The van der Waals surface area contributed by atoms with Crippen LogP contribution in [0.1, 0.15) is 48.9 Å². The van der Waals surface area contributed by atoms with E-state index in [0.29, 0.717) is 23.4 Å². The first-order valence-electron chi connectivity index (χ1n) is 17.7. The van der Waals surface area contributed by atoms with Crippen LogP contribution in [0.15, 0.2) is 66.7 Å². The number of hydrogen-bond acceptors (Lipinski definition) is 9. The third-order valence-electron chi connectivity index (χ3n) is 11.2. The topological polar surface area (TPSA) is 160 Å². The van der Waals surface area contributed by atoms with Gasteiger partial charge in [-0.15, -0.1) is 0 Å². The third-order valence-corrected chi connectivity index (χ3v) is 13.6. The summed E-state index contributed by atoms with van der Waals surface area (Å²) in [4.78, 5) is 69.0. The molecule has 4 heterocycles. The number of halogens is 1. The van der Waals surface area contributed by atoms with Gasteiger partial charge in [-0.3, -0.25) is 34.2 Å². The number of nitro benzene ring substituents is 1. The molecule has 2 saturated heterocycles. The number of nitrogens with zero attached hydrogens (tertiary/aromatic N) is 4.